The molecule has 1 saturated heterocycles. The number of esters is 1. The number of carbonyl (C=O) groups excluding carboxylic acids is 1. The minimum atomic E-state index is -0.396. The van der Waals surface area contributed by atoms with E-state index in [1.807, 2.05) is 4.90 Å². The van der Waals surface area contributed by atoms with Gasteiger partial charge in [-0.1, -0.05) is 0 Å². The fourth-order valence-electron chi connectivity index (χ4n) is 1.79. The van der Waals surface area contributed by atoms with Crippen LogP contribution in [0.4, 0.5) is 11.9 Å². The lowest BCUT2D eigenvalue weighted by Crippen LogP contribution is -2.37. The number of anilines is 2. The second-order valence-corrected chi connectivity index (χ2v) is 4.63. The lowest BCUT2D eigenvalue weighted by atomic mass is 10.4. The van der Waals surface area contributed by atoms with Crippen LogP contribution in [0.2, 0.25) is 0 Å². The van der Waals surface area contributed by atoms with Crippen molar-refractivity contribution in [3.05, 3.63) is 0 Å². The molecule has 1 aromatic rings. The van der Waals surface area contributed by atoms with Crippen LogP contribution >= 0.6 is 12.2 Å². The summed E-state index contributed by atoms with van der Waals surface area (Å²) in [5, 5.41) is 7.19. The number of hydrogen-bond donors (Lipinski definition) is 2. The van der Waals surface area contributed by atoms with Gasteiger partial charge < -0.3 is 25.4 Å². The summed E-state index contributed by atoms with van der Waals surface area (Å²) < 4.78 is 11.4. The molecule has 1 aliphatic heterocycles. The molecule has 1 fully saturated rings. The largest absolute Gasteiger partial charge is 0.465 e. The Morgan fingerprint density at radius 2 is 2.24 bits per heavy atom. The van der Waals surface area contributed by atoms with Crippen LogP contribution in [0.1, 0.15) is 6.92 Å². The van der Waals surface area contributed by atoms with Gasteiger partial charge in [-0.25, -0.2) is 0 Å². The first kappa shape index (κ1) is 15.4. The van der Waals surface area contributed by atoms with E-state index in [0.717, 1.165) is 0 Å². The van der Waals surface area contributed by atoms with Crippen molar-refractivity contribution in [1.82, 2.24) is 20.1 Å². The van der Waals surface area contributed by atoms with Gasteiger partial charge >= 0.3 is 5.97 Å². The summed E-state index contributed by atoms with van der Waals surface area (Å²) in [6.45, 7) is 4.66. The van der Waals surface area contributed by atoms with Gasteiger partial charge in [0, 0.05) is 13.1 Å². The molecule has 0 radical (unpaired) electrons. The maximum Gasteiger partial charge on any atom is 0.325 e. The lowest BCUT2D eigenvalue weighted by molar-refractivity contribution is -0.141. The van der Waals surface area contributed by atoms with Gasteiger partial charge in [0.1, 0.15) is 6.54 Å². The molecular formula is C11H18N6O3S. The Hall–Kier alpha value is -1.94. The molecule has 0 aliphatic carbocycles. The van der Waals surface area contributed by atoms with Crippen molar-refractivity contribution in [2.24, 2.45) is 0 Å². The van der Waals surface area contributed by atoms with Crippen molar-refractivity contribution < 1.29 is 14.3 Å². The van der Waals surface area contributed by atoms with Crippen LogP contribution in [-0.4, -0.2) is 65.3 Å². The molecular weight excluding hydrogens is 296 g/mol. The van der Waals surface area contributed by atoms with Crippen molar-refractivity contribution in [1.29, 1.82) is 0 Å². The zero-order valence-corrected chi connectivity index (χ0v) is 12.6. The average molecular weight is 314 g/mol. The van der Waals surface area contributed by atoms with E-state index < -0.39 is 5.97 Å². The number of ether oxygens (including phenoxy) is 2. The molecule has 3 N–H and O–H groups in total. The van der Waals surface area contributed by atoms with Crippen LogP contribution in [0.5, 0.6) is 0 Å². The van der Waals surface area contributed by atoms with Crippen molar-refractivity contribution >= 4 is 35.2 Å². The highest BCUT2D eigenvalue weighted by molar-refractivity contribution is 7.80. The molecule has 21 heavy (non-hydrogen) atoms. The Morgan fingerprint density at radius 3 is 2.90 bits per heavy atom. The molecule has 0 atom stereocenters. The Bertz CT molecular complexity index is 514. The highest BCUT2D eigenvalue weighted by Gasteiger charge is 2.19. The second-order valence-electron chi connectivity index (χ2n) is 4.24. The number of nitrogen functional groups attached to an aromatic ring is 1. The van der Waals surface area contributed by atoms with Gasteiger partial charge in [0.2, 0.25) is 11.9 Å². The first-order valence-corrected chi connectivity index (χ1v) is 7.01. The Balaban J connectivity index is 1.97. The molecule has 116 valence electrons. The summed E-state index contributed by atoms with van der Waals surface area (Å²) in [6, 6.07) is 0. The predicted molar refractivity (Wildman–Crippen MR) is 80.1 cm³/mol. The first-order chi connectivity index (χ1) is 10.1. The van der Waals surface area contributed by atoms with E-state index in [1.165, 1.54) is 4.68 Å². The van der Waals surface area contributed by atoms with Crippen LogP contribution in [-0.2, 0) is 14.3 Å². The fraction of sp³-hybridized carbons (Fsp3) is 0.636. The quantitative estimate of drug-likeness (QED) is 0.533. The van der Waals surface area contributed by atoms with Crippen LogP contribution in [0.3, 0.4) is 0 Å². The summed E-state index contributed by atoms with van der Waals surface area (Å²) in [6.07, 6.45) is 0. The van der Waals surface area contributed by atoms with Crippen molar-refractivity contribution in [3.8, 4) is 0 Å². The van der Waals surface area contributed by atoms with E-state index in [0.29, 0.717) is 38.9 Å². The summed E-state index contributed by atoms with van der Waals surface area (Å²) >= 11 is 5.14. The maximum absolute atomic E-state index is 11.3. The minimum absolute atomic E-state index is 0.0428. The molecule has 2 heterocycles. The second kappa shape index (κ2) is 7.18. The van der Waals surface area contributed by atoms with Gasteiger partial charge in [-0.15, -0.1) is 5.10 Å². The predicted octanol–water partition coefficient (Wildman–Crippen LogP) is -1.02. The fourth-order valence-corrected chi connectivity index (χ4v) is 2.00. The Morgan fingerprint density at radius 1 is 1.52 bits per heavy atom. The maximum atomic E-state index is 11.3. The molecule has 0 aromatic carbocycles. The molecule has 9 nitrogen and oxygen atoms in total. The van der Waals surface area contributed by atoms with E-state index in [9.17, 15) is 4.79 Å². The third-order valence-corrected chi connectivity index (χ3v) is 3.11. The summed E-state index contributed by atoms with van der Waals surface area (Å²) in [4.78, 5) is 17.4. The SMILES string of the molecule is CCOC(=O)CNC(=S)n1nc(N2CCOCC2)nc1N. The third kappa shape index (κ3) is 4.02. The number of nitrogens with two attached hydrogens (primary N) is 1. The first-order valence-electron chi connectivity index (χ1n) is 6.61. The van der Waals surface area contributed by atoms with E-state index in [-0.39, 0.29) is 17.6 Å². The van der Waals surface area contributed by atoms with Crippen molar-refractivity contribution in [2.75, 3.05) is 50.1 Å². The zero-order chi connectivity index (χ0) is 15.2. The number of nitrogens with one attached hydrogen (secondary N) is 1. The number of aromatic nitrogens is 3. The molecule has 0 bridgehead atoms. The minimum Gasteiger partial charge on any atom is -0.465 e. The van der Waals surface area contributed by atoms with Crippen molar-refractivity contribution in [3.63, 3.8) is 0 Å². The average Bonchev–Trinajstić information content (AvgIpc) is 2.88. The molecule has 0 spiro atoms. The monoisotopic (exact) mass is 314 g/mol. The lowest BCUT2D eigenvalue weighted by Gasteiger charge is -2.25. The molecule has 2 rings (SSSR count). The number of rotatable bonds is 4. The number of carbonyl (C=O) groups is 1. The smallest absolute Gasteiger partial charge is 0.325 e. The number of thiocarbonyl (C=S) groups is 1. The van der Waals surface area contributed by atoms with E-state index in [1.54, 1.807) is 6.92 Å². The number of morpholine rings is 1. The van der Waals surface area contributed by atoms with Crippen LogP contribution < -0.4 is 16.0 Å². The van der Waals surface area contributed by atoms with Gasteiger partial charge in [0.05, 0.1) is 19.8 Å². The standard InChI is InChI=1S/C11H18N6O3S/c1-2-20-8(18)7-13-11(21)17-9(12)14-10(15-17)16-3-5-19-6-4-16/h2-7H2,1H3,(H,13,21)(H2,12,14,15). The summed E-state index contributed by atoms with van der Waals surface area (Å²) in [5.74, 6) is 0.265. The molecule has 0 unspecified atom stereocenters. The Kier molecular flexibility index (Phi) is 5.28. The number of hydrogen-bond acceptors (Lipinski definition) is 8. The topological polar surface area (TPSA) is 108 Å². The van der Waals surface area contributed by atoms with Gasteiger partial charge in [-0.3, -0.25) is 4.79 Å². The van der Waals surface area contributed by atoms with Gasteiger partial charge in [0.15, 0.2) is 5.11 Å². The van der Waals surface area contributed by atoms with Gasteiger partial charge in [-0.05, 0) is 19.1 Å². The van der Waals surface area contributed by atoms with Gasteiger partial charge in [-0.2, -0.15) is 9.67 Å². The molecule has 0 saturated carbocycles. The highest BCUT2D eigenvalue weighted by Crippen LogP contribution is 2.12. The van der Waals surface area contributed by atoms with Crippen LogP contribution in [0.25, 0.3) is 0 Å². The van der Waals surface area contributed by atoms with E-state index in [2.05, 4.69) is 15.4 Å². The summed E-state index contributed by atoms with van der Waals surface area (Å²) in [5.41, 5.74) is 5.80. The normalized spacial score (nSPS) is 14.8. The highest BCUT2D eigenvalue weighted by atomic mass is 32.1. The van der Waals surface area contributed by atoms with Crippen LogP contribution in [0, 0.1) is 0 Å². The van der Waals surface area contributed by atoms with Crippen LogP contribution in [0.15, 0.2) is 0 Å². The summed E-state index contributed by atoms with van der Waals surface area (Å²) in [7, 11) is 0. The van der Waals surface area contributed by atoms with E-state index in [4.69, 9.17) is 27.4 Å². The molecule has 1 aliphatic rings. The van der Waals surface area contributed by atoms with Crippen molar-refractivity contribution in [2.45, 2.75) is 6.92 Å². The number of nitrogens with zero attached hydrogens (tertiary/aromatic N) is 4. The van der Waals surface area contributed by atoms with E-state index >= 15 is 0 Å². The Labute approximate surface area is 127 Å². The zero-order valence-electron chi connectivity index (χ0n) is 11.7. The molecule has 0 amide bonds. The molecule has 10 heteroatoms. The molecule has 1 aromatic heterocycles. The van der Waals surface area contributed by atoms with Gasteiger partial charge in [0.25, 0.3) is 0 Å². The third-order valence-electron chi connectivity index (χ3n) is 2.80.